The van der Waals surface area contributed by atoms with Crippen LogP contribution in [-0.4, -0.2) is 28.5 Å². The highest BCUT2D eigenvalue weighted by atomic mass is 32.2. The van der Waals surface area contributed by atoms with Gasteiger partial charge in [-0.2, -0.15) is 0 Å². The normalized spacial score (nSPS) is 20.3. The zero-order valence-corrected chi connectivity index (χ0v) is 12.7. The highest BCUT2D eigenvalue weighted by Crippen LogP contribution is 2.35. The average Bonchev–Trinajstić information content (AvgIpc) is 2.90. The van der Waals surface area contributed by atoms with Crippen LogP contribution in [0.25, 0.3) is 0 Å². The fourth-order valence-corrected chi connectivity index (χ4v) is 3.35. The van der Waals surface area contributed by atoms with Crippen LogP contribution in [0.2, 0.25) is 0 Å². The predicted octanol–water partition coefficient (Wildman–Crippen LogP) is 2.43. The van der Waals surface area contributed by atoms with Gasteiger partial charge in [-0.15, -0.1) is 0 Å². The van der Waals surface area contributed by atoms with E-state index in [-0.39, 0.29) is 17.1 Å². The van der Waals surface area contributed by atoms with Crippen molar-refractivity contribution in [2.45, 2.75) is 19.3 Å². The van der Waals surface area contributed by atoms with E-state index in [1.165, 1.54) is 11.8 Å². The molecule has 1 N–H and O–H groups in total. The van der Waals surface area contributed by atoms with Crippen LogP contribution in [0, 0.1) is 6.92 Å². The fraction of sp³-hybridized carbons (Fsp3) is 0.250. The van der Waals surface area contributed by atoms with E-state index < -0.39 is 0 Å². The Morgan fingerprint density at radius 1 is 1.29 bits per heavy atom. The van der Waals surface area contributed by atoms with Gasteiger partial charge in [-0.3, -0.25) is 9.59 Å². The minimum absolute atomic E-state index is 0.00232. The van der Waals surface area contributed by atoms with Crippen LogP contribution in [-0.2, 0) is 4.79 Å². The summed E-state index contributed by atoms with van der Waals surface area (Å²) in [4.78, 5) is 26.6. The van der Waals surface area contributed by atoms with Gasteiger partial charge in [0.15, 0.2) is 11.3 Å². The molecule has 0 saturated heterocycles. The Kier molecular flexibility index (Phi) is 3.59. The summed E-state index contributed by atoms with van der Waals surface area (Å²) in [6.45, 7) is 4.10. The largest absolute Gasteiger partial charge is 0.362 e. The number of aryl methyl sites for hydroxylation is 1. The second-order valence-corrected chi connectivity index (χ2v) is 6.35. The van der Waals surface area contributed by atoms with Crippen molar-refractivity contribution >= 4 is 23.3 Å². The molecule has 0 amide bonds. The van der Waals surface area contributed by atoms with Crippen molar-refractivity contribution in [1.82, 2.24) is 10.2 Å². The highest BCUT2D eigenvalue weighted by Gasteiger charge is 2.32. The third-order valence-electron chi connectivity index (χ3n) is 3.57. The van der Waals surface area contributed by atoms with Gasteiger partial charge in [-0.1, -0.05) is 41.6 Å². The van der Waals surface area contributed by atoms with Gasteiger partial charge >= 0.3 is 0 Å². The summed E-state index contributed by atoms with van der Waals surface area (Å²) in [6, 6.07) is 7.58. The maximum Gasteiger partial charge on any atom is 0.200 e. The molecule has 5 heteroatoms. The zero-order chi connectivity index (χ0) is 15.0. The molecule has 0 fully saturated rings. The van der Waals surface area contributed by atoms with Gasteiger partial charge < -0.3 is 10.2 Å². The summed E-state index contributed by atoms with van der Waals surface area (Å²) >= 11 is 1.49. The summed E-state index contributed by atoms with van der Waals surface area (Å²) < 4.78 is 0. The van der Waals surface area contributed by atoms with Gasteiger partial charge in [0.05, 0.1) is 11.4 Å². The number of carbonyl (C=O) groups is 2. The number of carbonyl (C=O) groups excluding carboxylic acids is 2. The predicted molar refractivity (Wildman–Crippen MR) is 83.6 cm³/mol. The van der Waals surface area contributed by atoms with E-state index in [4.69, 9.17) is 0 Å². The van der Waals surface area contributed by atoms with Crippen molar-refractivity contribution in [2.75, 3.05) is 6.54 Å². The first-order valence-corrected chi connectivity index (χ1v) is 7.64. The molecule has 1 aromatic rings. The number of hydrogen-bond donors (Lipinski definition) is 1. The molecule has 2 heterocycles. The Morgan fingerprint density at radius 2 is 2.00 bits per heavy atom. The SMILES string of the molecule is CC(=O)C1=CNC2SC(C(=O)c3ccc(C)cc3)=CN2C1. The van der Waals surface area contributed by atoms with Crippen molar-refractivity contribution in [2.24, 2.45) is 0 Å². The number of Topliss-reactive ketones (excluding diaryl/α,β-unsaturated/α-hetero) is 2. The summed E-state index contributed by atoms with van der Waals surface area (Å²) in [5, 5.41) is 3.16. The first-order valence-electron chi connectivity index (χ1n) is 6.76. The molecule has 0 aromatic heterocycles. The van der Waals surface area contributed by atoms with Crippen LogP contribution in [0.3, 0.4) is 0 Å². The molecule has 2 aliphatic rings. The molecule has 1 atom stereocenters. The summed E-state index contributed by atoms with van der Waals surface area (Å²) in [6.07, 6.45) is 3.60. The van der Waals surface area contributed by atoms with E-state index in [2.05, 4.69) is 5.32 Å². The van der Waals surface area contributed by atoms with Crippen molar-refractivity contribution in [1.29, 1.82) is 0 Å². The van der Waals surface area contributed by atoms with Crippen LogP contribution < -0.4 is 5.32 Å². The molecule has 0 saturated carbocycles. The smallest absolute Gasteiger partial charge is 0.200 e. The molecule has 4 nitrogen and oxygen atoms in total. The number of allylic oxidation sites excluding steroid dienone is 1. The molecule has 0 aliphatic carbocycles. The number of benzene rings is 1. The molecular weight excluding hydrogens is 284 g/mol. The van der Waals surface area contributed by atoms with E-state index in [9.17, 15) is 9.59 Å². The third-order valence-corrected chi connectivity index (χ3v) is 4.74. The summed E-state index contributed by atoms with van der Waals surface area (Å²) in [5.41, 5.74) is 2.55. The molecule has 21 heavy (non-hydrogen) atoms. The van der Waals surface area contributed by atoms with Gasteiger partial charge in [-0.25, -0.2) is 0 Å². The lowest BCUT2D eigenvalue weighted by molar-refractivity contribution is -0.113. The quantitative estimate of drug-likeness (QED) is 0.869. The number of rotatable bonds is 3. The zero-order valence-electron chi connectivity index (χ0n) is 11.9. The van der Waals surface area contributed by atoms with Crippen LogP contribution in [0.4, 0.5) is 0 Å². The number of fused-ring (bicyclic) bond motifs is 1. The van der Waals surface area contributed by atoms with Crippen LogP contribution in [0.5, 0.6) is 0 Å². The molecule has 0 spiro atoms. The van der Waals surface area contributed by atoms with E-state index in [0.717, 1.165) is 11.1 Å². The maximum absolute atomic E-state index is 12.5. The molecule has 1 unspecified atom stereocenters. The van der Waals surface area contributed by atoms with E-state index in [1.54, 1.807) is 13.1 Å². The van der Waals surface area contributed by atoms with Crippen molar-refractivity contribution < 1.29 is 9.59 Å². The van der Waals surface area contributed by atoms with E-state index in [1.807, 2.05) is 42.3 Å². The average molecular weight is 300 g/mol. The second-order valence-electron chi connectivity index (χ2n) is 5.22. The Balaban J connectivity index is 1.77. The maximum atomic E-state index is 12.5. The molecule has 2 aliphatic heterocycles. The minimum atomic E-state index is -0.00232. The lowest BCUT2D eigenvalue weighted by Crippen LogP contribution is -2.41. The second kappa shape index (κ2) is 5.41. The third kappa shape index (κ3) is 2.74. The van der Waals surface area contributed by atoms with Gasteiger partial charge in [0.2, 0.25) is 5.78 Å². The lowest BCUT2D eigenvalue weighted by Gasteiger charge is -2.29. The molecule has 0 radical (unpaired) electrons. The molecule has 1 aromatic carbocycles. The van der Waals surface area contributed by atoms with Crippen LogP contribution in [0.15, 0.2) is 47.1 Å². The Hall–Kier alpha value is -2.01. The number of hydrogen-bond acceptors (Lipinski definition) is 5. The van der Waals surface area contributed by atoms with Gasteiger partial charge in [0.25, 0.3) is 0 Å². The number of thioether (sulfide) groups is 1. The lowest BCUT2D eigenvalue weighted by atomic mass is 10.1. The molecular formula is C16H16N2O2S. The van der Waals surface area contributed by atoms with Crippen molar-refractivity contribution in [3.8, 4) is 0 Å². The van der Waals surface area contributed by atoms with E-state index in [0.29, 0.717) is 17.0 Å². The first kappa shape index (κ1) is 13.9. The Bertz CT molecular complexity index is 661. The summed E-state index contributed by atoms with van der Waals surface area (Å²) in [7, 11) is 0. The Labute approximate surface area is 127 Å². The molecule has 0 bridgehead atoms. The van der Waals surface area contributed by atoms with Gasteiger partial charge in [-0.05, 0) is 13.8 Å². The van der Waals surface area contributed by atoms with Crippen molar-refractivity contribution in [3.05, 3.63) is 58.3 Å². The van der Waals surface area contributed by atoms with E-state index >= 15 is 0 Å². The fourth-order valence-electron chi connectivity index (χ4n) is 2.28. The minimum Gasteiger partial charge on any atom is -0.362 e. The monoisotopic (exact) mass is 300 g/mol. The summed E-state index contributed by atoms with van der Waals surface area (Å²) in [5.74, 6) is 0.0817. The number of nitrogens with one attached hydrogen (secondary N) is 1. The topological polar surface area (TPSA) is 49.4 Å². The number of ketones is 2. The number of nitrogens with zero attached hydrogens (tertiary/aromatic N) is 1. The van der Waals surface area contributed by atoms with Gasteiger partial charge in [0, 0.05) is 23.5 Å². The van der Waals surface area contributed by atoms with Crippen molar-refractivity contribution in [3.63, 3.8) is 0 Å². The standard InChI is InChI=1S/C16H16N2O2S/c1-10-3-5-12(6-4-10)15(20)14-9-18-8-13(11(2)19)7-17-16(18)21-14/h3-7,9,16-17H,8H2,1-2H3. The van der Waals surface area contributed by atoms with Crippen LogP contribution >= 0.6 is 11.8 Å². The van der Waals surface area contributed by atoms with Crippen LogP contribution in [0.1, 0.15) is 22.8 Å². The first-order chi connectivity index (χ1) is 10.0. The highest BCUT2D eigenvalue weighted by molar-refractivity contribution is 8.04. The van der Waals surface area contributed by atoms with Gasteiger partial charge in [0.1, 0.15) is 0 Å². The molecule has 3 rings (SSSR count). The Morgan fingerprint density at radius 3 is 2.67 bits per heavy atom. The molecule has 108 valence electrons.